The van der Waals surface area contributed by atoms with Crippen LogP contribution in [0.25, 0.3) is 0 Å². The van der Waals surface area contributed by atoms with Crippen LogP contribution in [0.3, 0.4) is 0 Å². The predicted molar refractivity (Wildman–Crippen MR) is 126 cm³/mol. The van der Waals surface area contributed by atoms with Crippen LogP contribution < -0.4 is 5.32 Å². The molecule has 2 amide bonds. The summed E-state index contributed by atoms with van der Waals surface area (Å²) in [4.78, 5) is 27.8. The molecule has 0 heterocycles. The quantitative estimate of drug-likeness (QED) is 0.484. The predicted octanol–water partition coefficient (Wildman–Crippen LogP) is 5.03. The molecule has 0 aliphatic carbocycles. The van der Waals surface area contributed by atoms with Gasteiger partial charge in [-0.1, -0.05) is 74.5 Å². The number of benzene rings is 2. The summed E-state index contributed by atoms with van der Waals surface area (Å²) in [6.45, 7) is 6.46. The summed E-state index contributed by atoms with van der Waals surface area (Å²) < 4.78 is 0. The Morgan fingerprint density at radius 2 is 1.53 bits per heavy atom. The van der Waals surface area contributed by atoms with E-state index in [4.69, 9.17) is 0 Å². The second-order valence-corrected chi connectivity index (χ2v) is 8.64. The van der Waals surface area contributed by atoms with Crippen LogP contribution in [0.1, 0.15) is 51.2 Å². The molecule has 0 radical (unpaired) electrons. The number of amides is 2. The van der Waals surface area contributed by atoms with Crippen molar-refractivity contribution in [3.05, 3.63) is 71.8 Å². The van der Waals surface area contributed by atoms with Crippen LogP contribution >= 0.6 is 11.8 Å². The average molecular weight is 427 g/mol. The van der Waals surface area contributed by atoms with E-state index in [1.165, 1.54) is 5.56 Å². The molecular weight excluding hydrogens is 392 g/mol. The van der Waals surface area contributed by atoms with Gasteiger partial charge < -0.3 is 10.2 Å². The normalized spacial score (nSPS) is 12.8. The zero-order valence-corrected chi connectivity index (χ0v) is 19.2. The van der Waals surface area contributed by atoms with Gasteiger partial charge in [0.05, 0.1) is 0 Å². The van der Waals surface area contributed by atoms with Gasteiger partial charge in [0.15, 0.2) is 0 Å². The van der Waals surface area contributed by atoms with E-state index >= 15 is 0 Å². The molecule has 4 nitrogen and oxygen atoms in total. The van der Waals surface area contributed by atoms with Gasteiger partial charge in [0, 0.05) is 30.5 Å². The van der Waals surface area contributed by atoms with Crippen LogP contribution in [0, 0.1) is 0 Å². The van der Waals surface area contributed by atoms with Gasteiger partial charge in [-0.05, 0) is 30.9 Å². The molecule has 162 valence electrons. The van der Waals surface area contributed by atoms with Gasteiger partial charge in [-0.15, -0.1) is 0 Å². The summed E-state index contributed by atoms with van der Waals surface area (Å²) >= 11 is 1.75. The molecule has 0 aliphatic heterocycles. The Morgan fingerprint density at radius 1 is 0.933 bits per heavy atom. The molecule has 0 bridgehead atoms. The minimum absolute atomic E-state index is 0.0329. The third-order valence-electron chi connectivity index (χ3n) is 5.15. The molecular formula is C25H34N2O2S. The Morgan fingerprint density at radius 3 is 2.10 bits per heavy atom. The number of carbonyl (C=O) groups excluding carboxylic acids is 2. The molecule has 0 fully saturated rings. The Bertz CT molecular complexity index is 767. The molecule has 0 aliphatic rings. The van der Waals surface area contributed by atoms with Gasteiger partial charge in [0.2, 0.25) is 11.8 Å². The van der Waals surface area contributed by atoms with Crippen molar-refractivity contribution in [1.82, 2.24) is 10.2 Å². The van der Waals surface area contributed by atoms with E-state index < -0.39 is 6.04 Å². The van der Waals surface area contributed by atoms with E-state index in [-0.39, 0.29) is 17.9 Å². The van der Waals surface area contributed by atoms with Crippen molar-refractivity contribution < 1.29 is 9.59 Å². The van der Waals surface area contributed by atoms with Gasteiger partial charge in [0.1, 0.15) is 6.04 Å². The Kier molecular flexibility index (Phi) is 10.5. The van der Waals surface area contributed by atoms with E-state index in [1.54, 1.807) is 16.7 Å². The first-order valence-corrected chi connectivity index (χ1v) is 12.0. The minimum Gasteiger partial charge on any atom is -0.352 e. The minimum atomic E-state index is -0.453. The van der Waals surface area contributed by atoms with Crippen molar-refractivity contribution in [2.75, 3.05) is 5.75 Å². The SMILES string of the molecule is CC[C@@H](C)NC(=O)[C@H](CC)N(Cc1ccccc1)C(=O)CCSCc1ccccc1. The summed E-state index contributed by atoms with van der Waals surface area (Å²) in [6, 6.07) is 19.8. The van der Waals surface area contributed by atoms with Crippen LogP contribution in [0.2, 0.25) is 0 Å². The summed E-state index contributed by atoms with van der Waals surface area (Å²) in [6.07, 6.45) is 1.89. The fourth-order valence-electron chi connectivity index (χ4n) is 3.21. The van der Waals surface area contributed by atoms with Crippen molar-refractivity contribution >= 4 is 23.6 Å². The maximum atomic E-state index is 13.2. The van der Waals surface area contributed by atoms with Gasteiger partial charge in [-0.25, -0.2) is 0 Å². The Labute approximate surface area is 185 Å². The third-order valence-corrected chi connectivity index (χ3v) is 6.18. The van der Waals surface area contributed by atoms with Crippen molar-refractivity contribution in [1.29, 1.82) is 0 Å². The van der Waals surface area contributed by atoms with Crippen LogP contribution in [-0.4, -0.2) is 34.6 Å². The summed E-state index contributed by atoms with van der Waals surface area (Å²) in [7, 11) is 0. The Hall–Kier alpha value is -2.27. The van der Waals surface area contributed by atoms with E-state index in [1.807, 2.05) is 69.3 Å². The van der Waals surface area contributed by atoms with Crippen LogP contribution in [0.5, 0.6) is 0 Å². The number of carbonyl (C=O) groups is 2. The smallest absolute Gasteiger partial charge is 0.243 e. The van der Waals surface area contributed by atoms with Crippen LogP contribution in [0.4, 0.5) is 0 Å². The maximum absolute atomic E-state index is 13.2. The molecule has 1 N–H and O–H groups in total. The Balaban J connectivity index is 2.03. The molecule has 2 aromatic rings. The zero-order valence-electron chi connectivity index (χ0n) is 18.3. The van der Waals surface area contributed by atoms with Gasteiger partial charge in [0.25, 0.3) is 0 Å². The number of thioether (sulfide) groups is 1. The number of rotatable bonds is 12. The van der Waals surface area contributed by atoms with E-state index in [0.29, 0.717) is 19.4 Å². The molecule has 0 saturated carbocycles. The summed E-state index contributed by atoms with van der Waals surface area (Å²) in [5, 5.41) is 3.05. The lowest BCUT2D eigenvalue weighted by atomic mass is 10.1. The molecule has 0 spiro atoms. The molecule has 0 unspecified atom stereocenters. The topological polar surface area (TPSA) is 49.4 Å². The highest BCUT2D eigenvalue weighted by Gasteiger charge is 2.28. The third kappa shape index (κ3) is 7.86. The summed E-state index contributed by atoms with van der Waals surface area (Å²) in [5.41, 5.74) is 2.30. The zero-order chi connectivity index (χ0) is 21.8. The maximum Gasteiger partial charge on any atom is 0.243 e. The highest BCUT2D eigenvalue weighted by atomic mass is 32.2. The molecule has 30 heavy (non-hydrogen) atoms. The highest BCUT2D eigenvalue weighted by molar-refractivity contribution is 7.98. The van der Waals surface area contributed by atoms with Crippen LogP contribution in [-0.2, 0) is 21.9 Å². The number of nitrogens with one attached hydrogen (secondary N) is 1. The summed E-state index contributed by atoms with van der Waals surface area (Å²) in [5.74, 6) is 1.60. The second-order valence-electron chi connectivity index (χ2n) is 7.54. The van der Waals surface area contributed by atoms with Crippen molar-refractivity contribution in [3.8, 4) is 0 Å². The van der Waals surface area contributed by atoms with Gasteiger partial charge in [-0.3, -0.25) is 9.59 Å². The molecule has 0 saturated heterocycles. The lowest BCUT2D eigenvalue weighted by Gasteiger charge is -2.31. The van der Waals surface area contributed by atoms with Crippen molar-refractivity contribution in [2.45, 2.75) is 64.4 Å². The van der Waals surface area contributed by atoms with Crippen LogP contribution in [0.15, 0.2) is 60.7 Å². The highest BCUT2D eigenvalue weighted by Crippen LogP contribution is 2.17. The first-order chi connectivity index (χ1) is 14.5. The molecule has 0 aromatic heterocycles. The molecule has 5 heteroatoms. The molecule has 2 rings (SSSR count). The fourth-order valence-corrected chi connectivity index (χ4v) is 4.10. The van der Waals surface area contributed by atoms with E-state index in [0.717, 1.165) is 23.5 Å². The largest absolute Gasteiger partial charge is 0.352 e. The first-order valence-electron chi connectivity index (χ1n) is 10.8. The number of nitrogens with zero attached hydrogens (tertiary/aromatic N) is 1. The van der Waals surface area contributed by atoms with Gasteiger partial charge >= 0.3 is 0 Å². The first kappa shape index (κ1) is 24.0. The monoisotopic (exact) mass is 426 g/mol. The van der Waals surface area contributed by atoms with Gasteiger partial charge in [-0.2, -0.15) is 11.8 Å². The van der Waals surface area contributed by atoms with Crippen molar-refractivity contribution in [3.63, 3.8) is 0 Å². The average Bonchev–Trinajstić information content (AvgIpc) is 2.77. The van der Waals surface area contributed by atoms with E-state index in [2.05, 4.69) is 17.4 Å². The number of hydrogen-bond donors (Lipinski definition) is 1. The fraction of sp³-hybridized carbons (Fsp3) is 0.440. The van der Waals surface area contributed by atoms with E-state index in [9.17, 15) is 9.59 Å². The lowest BCUT2D eigenvalue weighted by Crippen LogP contribution is -2.50. The number of hydrogen-bond acceptors (Lipinski definition) is 3. The second kappa shape index (κ2) is 13.1. The standard InChI is InChI=1S/C25H34N2O2S/c1-4-20(3)26-25(29)23(5-2)27(18-21-12-8-6-9-13-21)24(28)16-17-30-19-22-14-10-7-11-15-22/h6-15,20,23H,4-5,16-19H2,1-3H3,(H,26,29)/t20-,23+/m1/s1. The lowest BCUT2D eigenvalue weighted by molar-refractivity contribution is -0.141. The molecule has 2 atom stereocenters. The molecule has 2 aromatic carbocycles. The van der Waals surface area contributed by atoms with Crippen molar-refractivity contribution in [2.24, 2.45) is 0 Å².